The van der Waals surface area contributed by atoms with Gasteiger partial charge in [0.05, 0.1) is 12.3 Å². The number of methoxy groups -OCH3 is 1. The number of aromatic nitrogens is 2. The fourth-order valence-corrected chi connectivity index (χ4v) is 4.00. The number of ether oxygens (including phenoxy) is 1. The van der Waals surface area contributed by atoms with Crippen LogP contribution in [-0.4, -0.2) is 73.8 Å². The molecule has 8 nitrogen and oxygen atoms in total. The highest BCUT2D eigenvalue weighted by Crippen LogP contribution is 2.31. The molecule has 1 unspecified atom stereocenters. The Hall–Kier alpha value is -2.78. The molecule has 0 spiro atoms. The second-order valence-corrected chi connectivity index (χ2v) is 7.70. The molecule has 30 heavy (non-hydrogen) atoms. The summed E-state index contributed by atoms with van der Waals surface area (Å²) < 4.78 is 18.3. The van der Waals surface area contributed by atoms with Crippen LogP contribution >= 0.6 is 0 Å². The minimum atomic E-state index is -0.342. The van der Waals surface area contributed by atoms with Crippen molar-refractivity contribution in [1.29, 1.82) is 0 Å². The summed E-state index contributed by atoms with van der Waals surface area (Å²) in [4.78, 5) is 38.4. The molecule has 9 heteroatoms. The number of hydrogen-bond donors (Lipinski definition) is 1. The molecule has 1 atom stereocenters. The molecule has 2 fully saturated rings. The van der Waals surface area contributed by atoms with Gasteiger partial charge >= 0.3 is 0 Å². The van der Waals surface area contributed by atoms with Crippen molar-refractivity contribution in [2.24, 2.45) is 0 Å². The topological polar surface area (TPSA) is 81.8 Å². The fourth-order valence-electron chi connectivity index (χ4n) is 4.00. The van der Waals surface area contributed by atoms with E-state index in [4.69, 9.17) is 9.72 Å². The van der Waals surface area contributed by atoms with Crippen LogP contribution in [0.3, 0.4) is 0 Å². The highest BCUT2D eigenvalue weighted by Gasteiger charge is 2.33. The quantitative estimate of drug-likeness (QED) is 0.764. The number of aromatic amines is 1. The zero-order chi connectivity index (χ0) is 21.1. The summed E-state index contributed by atoms with van der Waals surface area (Å²) in [7, 11) is 1.70. The number of halogens is 1. The average Bonchev–Trinajstić information content (AvgIpc) is 3.14. The number of H-pyrrole nitrogens is 1. The molecule has 4 rings (SSSR count). The molecule has 0 radical (unpaired) electrons. The van der Waals surface area contributed by atoms with Gasteiger partial charge in [0.25, 0.3) is 5.56 Å². The number of rotatable bonds is 6. The SMILES string of the molecule is COCCN1CCN(c2nc(C3CC(=O)N(c4ccc(F)cc4)C3)cc(=O)[nH]2)CC1. The minimum Gasteiger partial charge on any atom is -0.383 e. The normalized spacial score (nSPS) is 20.2. The molecule has 1 amide bonds. The van der Waals surface area contributed by atoms with Crippen LogP contribution in [-0.2, 0) is 9.53 Å². The van der Waals surface area contributed by atoms with Crippen molar-refractivity contribution in [3.8, 4) is 0 Å². The Balaban J connectivity index is 1.47. The van der Waals surface area contributed by atoms with Gasteiger partial charge in [-0.2, -0.15) is 0 Å². The molecular weight excluding hydrogens is 389 g/mol. The smallest absolute Gasteiger partial charge is 0.252 e. The van der Waals surface area contributed by atoms with Crippen LogP contribution < -0.4 is 15.4 Å². The first-order valence-corrected chi connectivity index (χ1v) is 10.2. The first kappa shape index (κ1) is 20.5. The third-order valence-electron chi connectivity index (χ3n) is 5.71. The molecule has 2 saturated heterocycles. The van der Waals surface area contributed by atoms with Gasteiger partial charge in [0, 0.05) is 70.5 Å². The Kier molecular flexibility index (Phi) is 6.10. The Labute approximate surface area is 174 Å². The summed E-state index contributed by atoms with van der Waals surface area (Å²) in [6.45, 7) is 5.28. The Bertz CT molecular complexity index is 940. The molecule has 3 heterocycles. The Morgan fingerprint density at radius 1 is 1.17 bits per heavy atom. The summed E-state index contributed by atoms with van der Waals surface area (Å²) in [6, 6.07) is 7.34. The van der Waals surface area contributed by atoms with E-state index in [2.05, 4.69) is 14.8 Å². The zero-order valence-corrected chi connectivity index (χ0v) is 17.0. The third-order valence-corrected chi connectivity index (χ3v) is 5.71. The number of anilines is 2. The molecule has 0 bridgehead atoms. The van der Waals surface area contributed by atoms with Crippen molar-refractivity contribution in [1.82, 2.24) is 14.9 Å². The zero-order valence-electron chi connectivity index (χ0n) is 17.0. The van der Waals surface area contributed by atoms with Gasteiger partial charge in [-0.15, -0.1) is 0 Å². The summed E-state index contributed by atoms with van der Waals surface area (Å²) in [6.07, 6.45) is 0.276. The van der Waals surface area contributed by atoms with Gasteiger partial charge in [-0.25, -0.2) is 9.37 Å². The molecule has 2 aliphatic heterocycles. The first-order chi connectivity index (χ1) is 14.5. The van der Waals surface area contributed by atoms with Crippen LogP contribution in [0.15, 0.2) is 35.1 Å². The van der Waals surface area contributed by atoms with Crippen LogP contribution in [0, 0.1) is 5.82 Å². The van der Waals surface area contributed by atoms with Gasteiger partial charge < -0.3 is 14.5 Å². The van der Waals surface area contributed by atoms with Crippen molar-refractivity contribution in [3.63, 3.8) is 0 Å². The maximum absolute atomic E-state index is 13.2. The first-order valence-electron chi connectivity index (χ1n) is 10.2. The van der Waals surface area contributed by atoms with Crippen molar-refractivity contribution < 1.29 is 13.9 Å². The van der Waals surface area contributed by atoms with E-state index >= 15 is 0 Å². The van der Waals surface area contributed by atoms with E-state index in [0.717, 1.165) is 32.7 Å². The highest BCUT2D eigenvalue weighted by molar-refractivity contribution is 5.96. The molecule has 2 aromatic rings. The van der Waals surface area contributed by atoms with Gasteiger partial charge in [0.1, 0.15) is 5.82 Å². The Morgan fingerprint density at radius 2 is 1.90 bits per heavy atom. The molecule has 1 aromatic heterocycles. The van der Waals surface area contributed by atoms with E-state index in [0.29, 0.717) is 30.5 Å². The van der Waals surface area contributed by atoms with Gasteiger partial charge in [-0.1, -0.05) is 0 Å². The molecule has 0 aliphatic carbocycles. The van der Waals surface area contributed by atoms with Crippen molar-refractivity contribution in [2.45, 2.75) is 12.3 Å². The highest BCUT2D eigenvalue weighted by atomic mass is 19.1. The van der Waals surface area contributed by atoms with Crippen LogP contribution in [0.1, 0.15) is 18.0 Å². The number of nitrogens with one attached hydrogen (secondary N) is 1. The lowest BCUT2D eigenvalue weighted by molar-refractivity contribution is -0.117. The van der Waals surface area contributed by atoms with E-state index in [1.807, 2.05) is 0 Å². The summed E-state index contributed by atoms with van der Waals surface area (Å²) in [5.41, 5.74) is 1.05. The van der Waals surface area contributed by atoms with E-state index in [1.165, 1.54) is 18.2 Å². The van der Waals surface area contributed by atoms with Gasteiger partial charge in [0.15, 0.2) is 0 Å². The van der Waals surface area contributed by atoms with Gasteiger partial charge in [-0.3, -0.25) is 19.5 Å². The lowest BCUT2D eigenvalue weighted by Gasteiger charge is -2.35. The van der Waals surface area contributed by atoms with Crippen molar-refractivity contribution in [2.75, 3.05) is 62.8 Å². The van der Waals surface area contributed by atoms with E-state index < -0.39 is 0 Å². The van der Waals surface area contributed by atoms with Crippen LogP contribution in [0.2, 0.25) is 0 Å². The summed E-state index contributed by atoms with van der Waals surface area (Å²) >= 11 is 0. The standard InChI is InChI=1S/C21H26FN5O3/c1-30-11-10-25-6-8-26(9-7-25)21-23-18(13-19(28)24-21)15-12-20(29)27(14-15)17-4-2-16(22)3-5-17/h2-5,13,15H,6-12,14H2,1H3,(H,23,24,28). The summed E-state index contributed by atoms with van der Waals surface area (Å²) in [5.74, 6) is -0.0182. The predicted octanol–water partition coefficient (Wildman–Crippen LogP) is 1.20. The second kappa shape index (κ2) is 8.93. The van der Waals surface area contributed by atoms with Crippen molar-refractivity contribution in [3.05, 3.63) is 52.2 Å². The number of nitrogens with zero attached hydrogens (tertiary/aromatic N) is 4. The number of carbonyl (C=O) groups excluding carboxylic acids is 1. The number of amides is 1. The van der Waals surface area contributed by atoms with Crippen LogP contribution in [0.4, 0.5) is 16.0 Å². The maximum Gasteiger partial charge on any atom is 0.252 e. The van der Waals surface area contributed by atoms with E-state index in [9.17, 15) is 14.0 Å². The number of piperazine rings is 1. The van der Waals surface area contributed by atoms with Gasteiger partial charge in [-0.05, 0) is 24.3 Å². The average molecular weight is 415 g/mol. The molecule has 0 saturated carbocycles. The van der Waals surface area contributed by atoms with Crippen LogP contribution in [0.25, 0.3) is 0 Å². The molecule has 2 aliphatic rings. The predicted molar refractivity (Wildman–Crippen MR) is 111 cm³/mol. The lowest BCUT2D eigenvalue weighted by atomic mass is 10.0. The van der Waals surface area contributed by atoms with Crippen LogP contribution in [0.5, 0.6) is 0 Å². The summed E-state index contributed by atoms with van der Waals surface area (Å²) in [5, 5.41) is 0. The molecule has 1 aromatic carbocycles. The van der Waals surface area contributed by atoms with Crippen molar-refractivity contribution >= 4 is 17.5 Å². The lowest BCUT2D eigenvalue weighted by Crippen LogP contribution is -2.48. The number of benzene rings is 1. The monoisotopic (exact) mass is 415 g/mol. The molecule has 1 N–H and O–H groups in total. The number of hydrogen-bond acceptors (Lipinski definition) is 6. The third kappa shape index (κ3) is 4.52. The maximum atomic E-state index is 13.2. The van der Waals surface area contributed by atoms with E-state index in [-0.39, 0.29) is 29.6 Å². The van der Waals surface area contributed by atoms with Gasteiger partial charge in [0.2, 0.25) is 11.9 Å². The largest absolute Gasteiger partial charge is 0.383 e. The number of carbonyl (C=O) groups is 1. The fraction of sp³-hybridized carbons (Fsp3) is 0.476. The molecule has 160 valence electrons. The second-order valence-electron chi connectivity index (χ2n) is 7.70. The molecular formula is C21H26FN5O3. The van der Waals surface area contributed by atoms with E-state index in [1.54, 1.807) is 24.1 Å². The Morgan fingerprint density at radius 3 is 2.60 bits per heavy atom. The minimum absolute atomic E-state index is 0.0537.